The second kappa shape index (κ2) is 7.23. The molecule has 0 spiro atoms. The molecular weight excluding hydrogens is 306 g/mol. The number of aromatic nitrogens is 1. The summed E-state index contributed by atoms with van der Waals surface area (Å²) in [5.74, 6) is 0.392. The fraction of sp³-hybridized carbons (Fsp3) is 0.714. The molecule has 0 unspecified atom stereocenters. The number of carbonyl (C=O) groups excluding carboxylic acids is 1. The molecular formula is C14H23N3O4S. The first kappa shape index (κ1) is 17.0. The molecule has 1 fully saturated rings. The lowest BCUT2D eigenvalue weighted by molar-refractivity contribution is -0.120. The van der Waals surface area contributed by atoms with Gasteiger partial charge in [0, 0.05) is 25.2 Å². The summed E-state index contributed by atoms with van der Waals surface area (Å²) in [4.78, 5) is 11.8. The molecule has 1 aromatic heterocycles. The van der Waals surface area contributed by atoms with E-state index in [2.05, 4.69) is 10.5 Å². The van der Waals surface area contributed by atoms with Crippen LogP contribution < -0.4 is 5.32 Å². The lowest BCUT2D eigenvalue weighted by Gasteiger charge is -2.33. The van der Waals surface area contributed by atoms with E-state index in [4.69, 9.17) is 4.52 Å². The van der Waals surface area contributed by atoms with Gasteiger partial charge in [0.05, 0.1) is 18.4 Å². The molecule has 0 aromatic carbocycles. The zero-order chi connectivity index (χ0) is 16.2. The van der Waals surface area contributed by atoms with E-state index >= 15 is 0 Å². The Labute approximate surface area is 131 Å². The van der Waals surface area contributed by atoms with Crippen molar-refractivity contribution >= 4 is 15.9 Å². The topological polar surface area (TPSA) is 92.5 Å². The number of hydrogen-bond donors (Lipinski definition) is 1. The molecule has 1 aliphatic heterocycles. The zero-order valence-corrected chi connectivity index (χ0v) is 13.9. The monoisotopic (exact) mass is 329 g/mol. The second-order valence-corrected chi connectivity index (χ2v) is 7.71. The van der Waals surface area contributed by atoms with Gasteiger partial charge in [-0.05, 0) is 26.2 Å². The molecule has 1 amide bonds. The summed E-state index contributed by atoms with van der Waals surface area (Å²) >= 11 is 0. The number of aryl methyl sites for hydroxylation is 1. The minimum Gasteiger partial charge on any atom is -0.361 e. The number of sulfonamides is 1. The van der Waals surface area contributed by atoms with Gasteiger partial charge < -0.3 is 9.84 Å². The first-order valence-corrected chi connectivity index (χ1v) is 9.37. The zero-order valence-electron chi connectivity index (χ0n) is 13.0. The van der Waals surface area contributed by atoms with Gasteiger partial charge in [0.1, 0.15) is 5.76 Å². The third-order valence-corrected chi connectivity index (χ3v) is 5.14. The quantitative estimate of drug-likeness (QED) is 0.835. The minimum absolute atomic E-state index is 0.0171. The molecule has 7 nitrogen and oxygen atoms in total. The third kappa shape index (κ3) is 4.81. The summed E-state index contributed by atoms with van der Waals surface area (Å²) in [5, 5.41) is 6.54. The van der Waals surface area contributed by atoms with Crippen molar-refractivity contribution in [1.82, 2.24) is 14.8 Å². The van der Waals surface area contributed by atoms with Gasteiger partial charge in [-0.2, -0.15) is 4.31 Å². The van der Waals surface area contributed by atoms with Gasteiger partial charge in [0.2, 0.25) is 15.9 Å². The van der Waals surface area contributed by atoms with Gasteiger partial charge >= 0.3 is 0 Å². The van der Waals surface area contributed by atoms with Crippen molar-refractivity contribution in [2.45, 2.75) is 45.1 Å². The third-order valence-electron chi connectivity index (χ3n) is 3.81. The molecule has 124 valence electrons. The van der Waals surface area contributed by atoms with Crippen LogP contribution in [-0.2, 0) is 21.2 Å². The number of nitrogens with zero attached hydrogens (tertiary/aromatic N) is 2. The summed E-state index contributed by atoms with van der Waals surface area (Å²) < 4.78 is 30.1. The summed E-state index contributed by atoms with van der Waals surface area (Å²) in [5.41, 5.74) is 0.744. The molecule has 8 heteroatoms. The largest absolute Gasteiger partial charge is 0.361 e. The first-order chi connectivity index (χ1) is 10.4. The Morgan fingerprint density at radius 3 is 2.91 bits per heavy atom. The minimum atomic E-state index is -3.17. The molecule has 0 bridgehead atoms. The smallest absolute Gasteiger partial charge is 0.227 e. The molecule has 1 N–H and O–H groups in total. The average molecular weight is 329 g/mol. The van der Waals surface area contributed by atoms with E-state index in [-0.39, 0.29) is 18.4 Å². The van der Waals surface area contributed by atoms with Crippen molar-refractivity contribution in [2.75, 3.05) is 19.3 Å². The van der Waals surface area contributed by atoms with Crippen molar-refractivity contribution < 1.29 is 17.7 Å². The Morgan fingerprint density at radius 2 is 2.27 bits per heavy atom. The summed E-state index contributed by atoms with van der Waals surface area (Å²) in [6, 6.07) is 1.71. The molecule has 0 radical (unpaired) electrons. The molecule has 2 rings (SSSR count). The van der Waals surface area contributed by atoms with Crippen molar-refractivity contribution in [3.05, 3.63) is 17.5 Å². The normalized spacial score (nSPS) is 20.0. The van der Waals surface area contributed by atoms with Crippen LogP contribution in [0.4, 0.5) is 0 Å². The molecule has 1 aliphatic rings. The predicted octanol–water partition coefficient (Wildman–Crippen LogP) is 0.846. The second-order valence-electron chi connectivity index (χ2n) is 5.77. The number of piperidine rings is 1. The standard InChI is InChI=1S/C14H23N3O4S/c1-11-9-13(21-16-11)10-14(18)15-7-6-12-5-3-4-8-17(12)22(2,19)20/h9,12H,3-8,10H2,1-2H3,(H,15,18)/t12-/m0/s1. The molecule has 0 saturated carbocycles. The Bertz CT molecular complexity index is 611. The summed E-state index contributed by atoms with van der Waals surface area (Å²) in [7, 11) is -3.17. The van der Waals surface area contributed by atoms with E-state index < -0.39 is 10.0 Å². The Hall–Kier alpha value is -1.41. The lowest BCUT2D eigenvalue weighted by Crippen LogP contribution is -2.44. The van der Waals surface area contributed by atoms with Crippen molar-refractivity contribution in [3.63, 3.8) is 0 Å². The maximum atomic E-state index is 11.8. The number of nitrogens with one attached hydrogen (secondary N) is 1. The van der Waals surface area contributed by atoms with Gasteiger partial charge in [-0.25, -0.2) is 8.42 Å². The number of carbonyl (C=O) groups is 1. The predicted molar refractivity (Wildman–Crippen MR) is 81.8 cm³/mol. The van der Waals surface area contributed by atoms with Crippen LogP contribution in [0.5, 0.6) is 0 Å². The highest BCUT2D eigenvalue weighted by Gasteiger charge is 2.28. The maximum Gasteiger partial charge on any atom is 0.227 e. The van der Waals surface area contributed by atoms with Crippen LogP contribution in [0.1, 0.15) is 37.1 Å². The van der Waals surface area contributed by atoms with E-state index in [0.29, 0.717) is 25.3 Å². The van der Waals surface area contributed by atoms with Crippen LogP contribution in [0.2, 0.25) is 0 Å². The molecule has 1 saturated heterocycles. The number of hydrogen-bond acceptors (Lipinski definition) is 5. The average Bonchev–Trinajstić information content (AvgIpc) is 2.83. The summed E-state index contributed by atoms with van der Waals surface area (Å²) in [6.45, 7) is 2.84. The van der Waals surface area contributed by atoms with E-state index in [9.17, 15) is 13.2 Å². The highest BCUT2D eigenvalue weighted by molar-refractivity contribution is 7.88. The van der Waals surface area contributed by atoms with Gasteiger partial charge in [-0.15, -0.1) is 0 Å². The van der Waals surface area contributed by atoms with Crippen LogP contribution in [-0.4, -0.2) is 49.2 Å². The first-order valence-electron chi connectivity index (χ1n) is 7.52. The van der Waals surface area contributed by atoms with Crippen LogP contribution in [0.15, 0.2) is 10.6 Å². The van der Waals surface area contributed by atoms with Crippen LogP contribution in [0.25, 0.3) is 0 Å². The molecule has 1 aromatic rings. The molecule has 22 heavy (non-hydrogen) atoms. The molecule has 2 heterocycles. The molecule has 0 aliphatic carbocycles. The fourth-order valence-corrected chi connectivity index (χ4v) is 4.01. The Balaban J connectivity index is 1.78. The van der Waals surface area contributed by atoms with Gasteiger partial charge in [0.15, 0.2) is 0 Å². The highest BCUT2D eigenvalue weighted by atomic mass is 32.2. The van der Waals surface area contributed by atoms with E-state index in [1.165, 1.54) is 6.26 Å². The maximum absolute atomic E-state index is 11.8. The highest BCUT2D eigenvalue weighted by Crippen LogP contribution is 2.21. The van der Waals surface area contributed by atoms with Gasteiger partial charge in [-0.3, -0.25) is 4.79 Å². The van der Waals surface area contributed by atoms with E-state index in [1.54, 1.807) is 17.3 Å². The van der Waals surface area contributed by atoms with Crippen LogP contribution in [0, 0.1) is 6.92 Å². The number of amides is 1. The van der Waals surface area contributed by atoms with E-state index in [1.807, 2.05) is 0 Å². The SMILES string of the molecule is Cc1cc(CC(=O)NCC[C@@H]2CCCCN2S(C)(=O)=O)on1. The van der Waals surface area contributed by atoms with Crippen molar-refractivity contribution in [2.24, 2.45) is 0 Å². The van der Waals surface area contributed by atoms with Crippen molar-refractivity contribution in [3.8, 4) is 0 Å². The van der Waals surface area contributed by atoms with Crippen LogP contribution >= 0.6 is 0 Å². The van der Waals surface area contributed by atoms with Crippen LogP contribution in [0.3, 0.4) is 0 Å². The lowest BCUT2D eigenvalue weighted by atomic mass is 10.0. The van der Waals surface area contributed by atoms with Gasteiger partial charge in [-0.1, -0.05) is 11.6 Å². The summed E-state index contributed by atoms with van der Waals surface area (Å²) in [6.07, 6.45) is 4.82. The van der Waals surface area contributed by atoms with Gasteiger partial charge in [0.25, 0.3) is 0 Å². The number of rotatable bonds is 6. The fourth-order valence-electron chi connectivity index (χ4n) is 2.80. The Morgan fingerprint density at radius 1 is 1.50 bits per heavy atom. The Kier molecular flexibility index (Phi) is 5.57. The molecule has 1 atom stereocenters. The van der Waals surface area contributed by atoms with E-state index in [0.717, 1.165) is 25.0 Å². The van der Waals surface area contributed by atoms with Crippen molar-refractivity contribution in [1.29, 1.82) is 0 Å².